The third kappa shape index (κ3) is 29.2. The molecule has 2 rings (SSSR count). The maximum Gasteiger partial charge on any atom is 2.00 e. The molecule has 3 atom stereocenters. The molecular weight excluding hydrogens is 621 g/mol. The van der Waals surface area contributed by atoms with Gasteiger partial charge in [-0.2, -0.15) is 0 Å². The molecule has 0 aromatic carbocycles. The van der Waals surface area contributed by atoms with Crippen molar-refractivity contribution in [2.75, 3.05) is 13.1 Å². The van der Waals surface area contributed by atoms with Crippen molar-refractivity contribution in [2.45, 2.75) is 50.2 Å². The first-order valence-electron chi connectivity index (χ1n) is 9.85. The number of hydrogen-bond acceptors (Lipinski definition) is 10. The van der Waals surface area contributed by atoms with Crippen LogP contribution in [0.15, 0.2) is 12.5 Å². The molecule has 1 aromatic heterocycles. The molecule has 0 amide bonds. The monoisotopic (exact) mass is 653 g/mol. The molecule has 2 heterocycles. The topological polar surface area (TPSA) is 305 Å². The van der Waals surface area contributed by atoms with Gasteiger partial charge in [0.05, 0.1) is 12.9 Å². The first kappa shape index (κ1) is 45.7. The summed E-state index contributed by atoms with van der Waals surface area (Å²) in [5, 5.41) is 43.5. The van der Waals surface area contributed by atoms with E-state index in [1.54, 1.807) is 6.20 Å². The number of nitrogens with one attached hydrogen (secondary N) is 2. The Kier molecular flexibility index (Phi) is 34.4. The molecule has 37 heavy (non-hydrogen) atoms. The molecule has 0 bridgehead atoms. The third-order valence-electron chi connectivity index (χ3n) is 3.83. The van der Waals surface area contributed by atoms with Crippen LogP contribution in [-0.2, 0) is 66.9 Å². The van der Waals surface area contributed by atoms with Crippen molar-refractivity contribution < 1.29 is 88.9 Å². The van der Waals surface area contributed by atoms with Gasteiger partial charge in [0.25, 0.3) is 0 Å². The van der Waals surface area contributed by atoms with Crippen LogP contribution in [0, 0.1) is 0 Å². The molecule has 0 aliphatic carbocycles. The summed E-state index contributed by atoms with van der Waals surface area (Å²) in [5.41, 5.74) is 15.6. The second kappa shape index (κ2) is 27.8. The minimum absolute atomic E-state index is 0. The van der Waals surface area contributed by atoms with Crippen molar-refractivity contribution in [3.8, 4) is 0 Å². The van der Waals surface area contributed by atoms with Crippen molar-refractivity contribution in [1.82, 2.24) is 15.3 Å². The number of carboxylic acids is 5. The number of nitrogens with two attached hydrogens (primary N) is 3. The SMILES string of the molecule is NC(CCC(=O)O)C(=O)O.NC(Cc1cnc[nH]1)C(=O)O.NCC(=O)O.O=C(O)C1CCCN1.[Ca+2].[H-].[H-].[Mn].[Zn]. The zero-order valence-corrected chi connectivity index (χ0v) is 26.4. The summed E-state index contributed by atoms with van der Waals surface area (Å²) in [7, 11) is 0. The fourth-order valence-corrected chi connectivity index (χ4v) is 2.02. The summed E-state index contributed by atoms with van der Waals surface area (Å²) >= 11 is 0. The minimum Gasteiger partial charge on any atom is -1.00 e. The van der Waals surface area contributed by atoms with E-state index in [4.69, 9.17) is 37.0 Å². The predicted molar refractivity (Wildman–Crippen MR) is 124 cm³/mol. The van der Waals surface area contributed by atoms with Crippen LogP contribution in [0.3, 0.4) is 0 Å². The van der Waals surface area contributed by atoms with Crippen LogP contribution in [-0.4, -0.2) is 134 Å². The van der Waals surface area contributed by atoms with E-state index in [2.05, 4.69) is 21.0 Å². The number of rotatable bonds is 9. The van der Waals surface area contributed by atoms with E-state index in [1.165, 1.54) is 6.33 Å². The van der Waals surface area contributed by atoms with Crippen molar-refractivity contribution in [3.05, 3.63) is 18.2 Å². The zero-order valence-electron chi connectivity index (χ0n) is 22.1. The normalized spacial score (nSPS) is 14.3. The Morgan fingerprint density at radius 3 is 1.81 bits per heavy atom. The van der Waals surface area contributed by atoms with Crippen LogP contribution in [0.25, 0.3) is 0 Å². The van der Waals surface area contributed by atoms with Gasteiger partial charge in [-0.3, -0.25) is 24.0 Å². The fraction of sp³-hybridized carbons (Fsp3) is 0.556. The Morgan fingerprint density at radius 2 is 1.54 bits per heavy atom. The zero-order chi connectivity index (χ0) is 26.7. The fourth-order valence-electron chi connectivity index (χ4n) is 2.02. The Bertz CT molecular complexity index is 784. The second-order valence-electron chi connectivity index (χ2n) is 6.69. The molecule has 1 aliphatic heterocycles. The van der Waals surface area contributed by atoms with E-state index in [-0.39, 0.29) is 109 Å². The summed E-state index contributed by atoms with van der Waals surface area (Å²) in [4.78, 5) is 56.0. The molecule has 3 unspecified atom stereocenters. The summed E-state index contributed by atoms with van der Waals surface area (Å²) < 4.78 is 0. The van der Waals surface area contributed by atoms with Gasteiger partial charge < -0.3 is 55.9 Å². The number of aromatic nitrogens is 2. The predicted octanol–water partition coefficient (Wildman–Crippen LogP) is -2.68. The largest absolute Gasteiger partial charge is 2.00 e. The van der Waals surface area contributed by atoms with Gasteiger partial charge in [0.1, 0.15) is 18.1 Å². The molecule has 0 spiro atoms. The van der Waals surface area contributed by atoms with E-state index in [9.17, 15) is 24.0 Å². The Labute approximate surface area is 268 Å². The maximum atomic E-state index is 10.3. The molecule has 1 radical (unpaired) electrons. The van der Waals surface area contributed by atoms with Crippen molar-refractivity contribution in [2.24, 2.45) is 17.2 Å². The van der Waals surface area contributed by atoms with Crippen molar-refractivity contribution >= 4 is 67.6 Å². The van der Waals surface area contributed by atoms with E-state index < -0.39 is 41.9 Å². The van der Waals surface area contributed by atoms with E-state index in [1.807, 2.05) is 0 Å². The van der Waals surface area contributed by atoms with Crippen LogP contribution in [0.5, 0.6) is 0 Å². The number of carbonyl (C=O) groups is 5. The first-order valence-corrected chi connectivity index (χ1v) is 9.85. The summed E-state index contributed by atoms with van der Waals surface area (Å²) in [6, 6.07) is -2.18. The van der Waals surface area contributed by atoms with Crippen LogP contribution in [0.1, 0.15) is 34.2 Å². The van der Waals surface area contributed by atoms with Crippen LogP contribution in [0.2, 0.25) is 0 Å². The Balaban J connectivity index is -0.0000000691. The number of aliphatic carboxylic acids is 5. The smallest absolute Gasteiger partial charge is 1.00 e. The molecule has 1 aromatic rings. The van der Waals surface area contributed by atoms with Gasteiger partial charge in [0.2, 0.25) is 0 Å². The standard InChI is InChI=1S/C6H9N3O2.C5H9NO4.C5H9NO2.C2H5NO2.Ca.Mn.Zn.2H/c7-5(6(10)11)1-4-2-8-3-9-4;6-3(5(9)10)1-2-4(7)8;7-5(8)4-2-1-3-6-4;3-1-2(4)5;;;;;/h2-3,5H,1,7H2,(H,8,9)(H,10,11);3H,1-2,6H2,(H,7,8)(H,9,10);4,6H,1-3H2,(H,7,8);1,3H2,(H,4,5);;;;;/q;;;;+2;;;2*-1. The molecule has 13 N–H and O–H groups in total. The molecule has 207 valence electrons. The van der Waals surface area contributed by atoms with Gasteiger partial charge in [-0.15, -0.1) is 0 Å². The number of aromatic amines is 1. The van der Waals surface area contributed by atoms with Gasteiger partial charge in [-0.25, -0.2) is 4.98 Å². The molecule has 16 nitrogen and oxygen atoms in total. The first-order chi connectivity index (χ1) is 15.8. The minimum atomic E-state index is -1.17. The van der Waals surface area contributed by atoms with Gasteiger partial charge in [-0.05, 0) is 25.8 Å². The number of H-pyrrole nitrogens is 1. The van der Waals surface area contributed by atoms with Crippen molar-refractivity contribution in [3.63, 3.8) is 0 Å². The van der Waals surface area contributed by atoms with E-state index in [0.717, 1.165) is 25.1 Å². The quantitative estimate of drug-likeness (QED) is 0.121. The molecule has 1 fully saturated rings. The number of carboxylic acid groups (broad SMARTS) is 5. The number of nitrogens with zero attached hydrogens (tertiary/aromatic N) is 1. The molecule has 19 heteroatoms. The average molecular weight is 655 g/mol. The third-order valence-corrected chi connectivity index (χ3v) is 3.83. The van der Waals surface area contributed by atoms with Gasteiger partial charge >= 0.3 is 67.6 Å². The molecule has 1 saturated heterocycles. The molecular formula is C18H34CaMnN6O10Zn. The number of imidazole rings is 1. The van der Waals surface area contributed by atoms with Gasteiger partial charge in [-0.1, -0.05) is 0 Å². The number of hydrogen-bond donors (Lipinski definition) is 10. The Morgan fingerprint density at radius 1 is 1.03 bits per heavy atom. The molecule has 1 aliphatic rings. The van der Waals surface area contributed by atoms with Crippen molar-refractivity contribution in [1.29, 1.82) is 0 Å². The van der Waals surface area contributed by atoms with Crippen LogP contribution in [0.4, 0.5) is 0 Å². The molecule has 0 saturated carbocycles. The van der Waals surface area contributed by atoms with Crippen LogP contribution < -0.4 is 22.5 Å². The maximum absolute atomic E-state index is 10.3. The summed E-state index contributed by atoms with van der Waals surface area (Å²) in [6.45, 7) is 0.580. The summed E-state index contributed by atoms with van der Waals surface area (Å²) in [6.07, 6.45) is 4.90. The Hall–Kier alpha value is -1.20. The summed E-state index contributed by atoms with van der Waals surface area (Å²) in [5.74, 6) is -4.88. The van der Waals surface area contributed by atoms with E-state index >= 15 is 0 Å². The average Bonchev–Trinajstić information content (AvgIpc) is 3.47. The van der Waals surface area contributed by atoms with Crippen LogP contribution >= 0.6 is 0 Å². The van der Waals surface area contributed by atoms with E-state index in [0.29, 0.717) is 0 Å². The van der Waals surface area contributed by atoms with Gasteiger partial charge in [0, 0.05) is 61.3 Å². The second-order valence-corrected chi connectivity index (χ2v) is 6.69. The van der Waals surface area contributed by atoms with Gasteiger partial charge in [0.15, 0.2) is 0 Å².